The number of halogens is 4. The molecule has 0 aliphatic rings. The summed E-state index contributed by atoms with van der Waals surface area (Å²) in [7, 11) is -0.678. The van der Waals surface area contributed by atoms with Crippen LogP contribution in [0, 0.1) is 5.82 Å². The van der Waals surface area contributed by atoms with Gasteiger partial charge in [0.25, 0.3) is 0 Å². The molecule has 1 heterocycles. The highest BCUT2D eigenvalue weighted by Gasteiger charge is 2.31. The van der Waals surface area contributed by atoms with Gasteiger partial charge in [-0.05, 0) is 37.4 Å². The minimum Gasteiger partial charge on any atom is -0.380 e. The number of nitrogens with zero attached hydrogens (tertiary/aromatic N) is 2. The summed E-state index contributed by atoms with van der Waals surface area (Å²) < 4.78 is 80.4. The van der Waals surface area contributed by atoms with Gasteiger partial charge < -0.3 is 9.88 Å². The Morgan fingerprint density at radius 2 is 1.87 bits per heavy atom. The summed E-state index contributed by atoms with van der Waals surface area (Å²) in [6, 6.07) is 6.59. The molecule has 0 fully saturated rings. The van der Waals surface area contributed by atoms with Gasteiger partial charge in [0.1, 0.15) is 5.82 Å². The van der Waals surface area contributed by atoms with Crippen molar-refractivity contribution in [2.75, 3.05) is 12.4 Å². The van der Waals surface area contributed by atoms with Gasteiger partial charge >= 0.3 is 6.18 Å². The highest BCUT2D eigenvalue weighted by atomic mass is 32.2. The Hall–Kier alpha value is -2.92. The molecule has 0 saturated carbocycles. The number of hydrogen-bond donors (Lipinski definition) is 2. The molecule has 0 amide bonds. The number of nitrogens with one attached hydrogen (secondary N) is 2. The number of anilines is 1. The third kappa shape index (κ3) is 4.62. The molecule has 0 saturated heterocycles. The van der Waals surface area contributed by atoms with Crippen LogP contribution in [0.3, 0.4) is 0 Å². The topological polar surface area (TPSA) is 76.0 Å². The molecule has 0 radical (unpaired) electrons. The van der Waals surface area contributed by atoms with E-state index in [0.717, 1.165) is 12.1 Å². The zero-order valence-corrected chi connectivity index (χ0v) is 16.8. The van der Waals surface area contributed by atoms with E-state index in [-0.39, 0.29) is 17.0 Å². The maximum Gasteiger partial charge on any atom is 0.416 e. The standard InChI is InChI=1S/C19H18F4N4O2S/c1-24-30(28,29)14-5-6-17(15(8-14)18-10-27(2)11-26-18)25-9-12-3-4-13(7-16(12)20)19(21,22)23/h3-8,10-11,24-25H,9H2,1-2H3. The Morgan fingerprint density at radius 1 is 1.13 bits per heavy atom. The normalized spacial score (nSPS) is 12.2. The van der Waals surface area contributed by atoms with Crippen molar-refractivity contribution < 1.29 is 26.0 Å². The molecule has 0 atom stereocenters. The molecule has 160 valence electrons. The molecule has 0 aliphatic carbocycles. The highest BCUT2D eigenvalue weighted by Crippen LogP contribution is 2.32. The predicted molar refractivity (Wildman–Crippen MR) is 104 cm³/mol. The predicted octanol–water partition coefficient (Wildman–Crippen LogP) is 3.77. The number of alkyl halides is 3. The molecule has 3 aromatic rings. The fourth-order valence-corrected chi connectivity index (χ4v) is 3.54. The average molecular weight is 442 g/mol. The number of aromatic nitrogens is 2. The molecule has 11 heteroatoms. The average Bonchev–Trinajstić information content (AvgIpc) is 3.12. The summed E-state index contributed by atoms with van der Waals surface area (Å²) in [6.07, 6.45) is -1.42. The molecule has 0 unspecified atom stereocenters. The van der Waals surface area contributed by atoms with Crippen molar-refractivity contribution in [3.05, 3.63) is 65.9 Å². The molecule has 30 heavy (non-hydrogen) atoms. The summed E-state index contributed by atoms with van der Waals surface area (Å²) in [5.74, 6) is -0.994. The molecule has 0 spiro atoms. The number of rotatable bonds is 6. The van der Waals surface area contributed by atoms with E-state index < -0.39 is 27.6 Å². The molecule has 6 nitrogen and oxygen atoms in total. The van der Waals surface area contributed by atoms with E-state index in [4.69, 9.17) is 0 Å². The molecule has 2 N–H and O–H groups in total. The second-order valence-corrected chi connectivity index (χ2v) is 8.38. The van der Waals surface area contributed by atoms with Gasteiger partial charge in [-0.1, -0.05) is 6.07 Å². The number of hydrogen-bond acceptors (Lipinski definition) is 4. The fourth-order valence-electron chi connectivity index (χ4n) is 2.78. The second-order valence-electron chi connectivity index (χ2n) is 6.50. The second kappa shape index (κ2) is 8.07. The van der Waals surface area contributed by atoms with Crippen molar-refractivity contribution in [1.82, 2.24) is 14.3 Å². The van der Waals surface area contributed by atoms with Crippen molar-refractivity contribution in [3.63, 3.8) is 0 Å². The summed E-state index contributed by atoms with van der Waals surface area (Å²) in [5, 5.41) is 2.95. The van der Waals surface area contributed by atoms with E-state index in [1.54, 1.807) is 17.8 Å². The Balaban J connectivity index is 1.94. The Morgan fingerprint density at radius 3 is 2.43 bits per heavy atom. The summed E-state index contributed by atoms with van der Waals surface area (Å²) in [4.78, 5) is 4.23. The maximum absolute atomic E-state index is 14.1. The van der Waals surface area contributed by atoms with Gasteiger partial charge in [0.05, 0.1) is 22.5 Å². The maximum atomic E-state index is 14.1. The van der Waals surface area contributed by atoms with Crippen LogP contribution in [0.4, 0.5) is 23.2 Å². The van der Waals surface area contributed by atoms with E-state index in [1.165, 1.54) is 31.6 Å². The number of aryl methyl sites for hydroxylation is 1. The molecule has 0 bridgehead atoms. The van der Waals surface area contributed by atoms with Gasteiger partial charge in [0.15, 0.2) is 0 Å². The lowest BCUT2D eigenvalue weighted by atomic mass is 10.1. The van der Waals surface area contributed by atoms with Crippen molar-refractivity contribution in [3.8, 4) is 11.3 Å². The van der Waals surface area contributed by atoms with Gasteiger partial charge in [0.2, 0.25) is 10.0 Å². The van der Waals surface area contributed by atoms with Crippen molar-refractivity contribution in [2.24, 2.45) is 7.05 Å². The summed E-state index contributed by atoms with van der Waals surface area (Å²) in [6.45, 7) is -0.109. The van der Waals surface area contributed by atoms with Crippen LogP contribution in [-0.2, 0) is 29.8 Å². The van der Waals surface area contributed by atoms with Crippen LogP contribution in [0.1, 0.15) is 11.1 Å². The smallest absolute Gasteiger partial charge is 0.380 e. The van der Waals surface area contributed by atoms with Gasteiger partial charge in [0, 0.05) is 36.6 Å². The zero-order chi connectivity index (χ0) is 22.1. The molecule has 2 aromatic carbocycles. The minimum atomic E-state index is -4.63. The van der Waals surface area contributed by atoms with Crippen LogP contribution in [0.2, 0.25) is 0 Å². The van der Waals surface area contributed by atoms with Crippen molar-refractivity contribution in [1.29, 1.82) is 0 Å². The summed E-state index contributed by atoms with van der Waals surface area (Å²) >= 11 is 0. The SMILES string of the molecule is CNS(=O)(=O)c1ccc(NCc2ccc(C(F)(F)F)cc2F)c(-c2cn(C)cn2)c1. The minimum absolute atomic E-state index is 0.0110. The first-order chi connectivity index (χ1) is 14.0. The number of sulfonamides is 1. The van der Waals surface area contributed by atoms with Crippen LogP contribution in [-0.4, -0.2) is 25.0 Å². The first-order valence-electron chi connectivity index (χ1n) is 8.66. The first-order valence-corrected chi connectivity index (χ1v) is 10.1. The van der Waals surface area contributed by atoms with E-state index >= 15 is 0 Å². The molecule has 0 aliphatic heterocycles. The summed E-state index contributed by atoms with van der Waals surface area (Å²) in [5.41, 5.74) is 0.324. The molecular weight excluding hydrogens is 424 g/mol. The van der Waals surface area contributed by atoms with Crippen LogP contribution < -0.4 is 10.0 Å². The Labute approximate surface area is 170 Å². The van der Waals surface area contributed by atoms with Gasteiger partial charge in [-0.3, -0.25) is 0 Å². The van der Waals surface area contributed by atoms with E-state index in [9.17, 15) is 26.0 Å². The monoisotopic (exact) mass is 442 g/mol. The Bertz CT molecular complexity index is 1170. The largest absolute Gasteiger partial charge is 0.416 e. The van der Waals surface area contributed by atoms with Gasteiger partial charge in [-0.25, -0.2) is 22.5 Å². The van der Waals surface area contributed by atoms with E-state index in [2.05, 4.69) is 15.0 Å². The van der Waals surface area contributed by atoms with Gasteiger partial charge in [-0.2, -0.15) is 13.2 Å². The lowest BCUT2D eigenvalue weighted by Gasteiger charge is -2.14. The van der Waals surface area contributed by atoms with E-state index in [1.807, 2.05) is 0 Å². The molecular formula is C19H18F4N4O2S. The third-order valence-electron chi connectivity index (χ3n) is 4.40. The first kappa shape index (κ1) is 21.8. The van der Waals surface area contributed by atoms with Crippen LogP contribution in [0.5, 0.6) is 0 Å². The number of benzene rings is 2. The van der Waals surface area contributed by atoms with Crippen LogP contribution in [0.15, 0.2) is 53.8 Å². The van der Waals surface area contributed by atoms with Crippen LogP contribution in [0.25, 0.3) is 11.3 Å². The highest BCUT2D eigenvalue weighted by molar-refractivity contribution is 7.89. The van der Waals surface area contributed by atoms with E-state index in [0.29, 0.717) is 23.0 Å². The molecule has 1 aromatic heterocycles. The number of imidazole rings is 1. The lowest BCUT2D eigenvalue weighted by molar-refractivity contribution is -0.137. The van der Waals surface area contributed by atoms with Crippen molar-refractivity contribution >= 4 is 15.7 Å². The fraction of sp³-hybridized carbons (Fsp3) is 0.211. The van der Waals surface area contributed by atoms with Gasteiger partial charge in [-0.15, -0.1) is 0 Å². The lowest BCUT2D eigenvalue weighted by Crippen LogP contribution is -2.18. The van der Waals surface area contributed by atoms with Crippen LogP contribution >= 0.6 is 0 Å². The van der Waals surface area contributed by atoms with Crippen molar-refractivity contribution in [2.45, 2.75) is 17.6 Å². The Kier molecular flexibility index (Phi) is 5.86. The zero-order valence-electron chi connectivity index (χ0n) is 16.0. The molecule has 3 rings (SSSR count). The quantitative estimate of drug-likeness (QED) is 0.570. The third-order valence-corrected chi connectivity index (χ3v) is 5.81.